The molecule has 0 radical (unpaired) electrons. The summed E-state index contributed by atoms with van der Waals surface area (Å²) in [4.78, 5) is 26.0. The van der Waals surface area contributed by atoms with Gasteiger partial charge in [-0.1, -0.05) is 59.6 Å². The van der Waals surface area contributed by atoms with Gasteiger partial charge in [-0.25, -0.2) is 14.2 Å². The average Bonchev–Trinajstić information content (AvgIpc) is 3.16. The Morgan fingerprint density at radius 2 is 1.75 bits per heavy atom. The minimum atomic E-state index is -0.847. The molecular formula is C26H22Cl2N2O5S. The second kappa shape index (κ2) is 10.7. The van der Waals surface area contributed by atoms with Crippen molar-refractivity contribution in [2.45, 2.75) is 19.8 Å². The summed E-state index contributed by atoms with van der Waals surface area (Å²) in [5.41, 5.74) is 8.40. The van der Waals surface area contributed by atoms with Gasteiger partial charge in [-0.2, -0.15) is 0 Å². The Balaban J connectivity index is 2.08. The summed E-state index contributed by atoms with van der Waals surface area (Å²) in [5, 5.41) is 0.614. The van der Waals surface area contributed by atoms with Gasteiger partial charge >= 0.3 is 11.7 Å². The van der Waals surface area contributed by atoms with Crippen LogP contribution >= 0.6 is 35.4 Å². The fourth-order valence-electron chi connectivity index (χ4n) is 4.00. The highest BCUT2D eigenvalue weighted by Gasteiger charge is 2.36. The van der Waals surface area contributed by atoms with E-state index in [1.807, 2.05) is 19.1 Å². The fourth-order valence-corrected chi connectivity index (χ4v) is 5.15. The summed E-state index contributed by atoms with van der Waals surface area (Å²) >= 11 is 19.0. The van der Waals surface area contributed by atoms with Crippen LogP contribution in [0.25, 0.3) is 16.8 Å². The number of nitrogen functional groups attached to an aromatic ring is 1. The molecule has 2 N–H and O–H groups in total. The smallest absolute Gasteiger partial charge is 0.424 e. The summed E-state index contributed by atoms with van der Waals surface area (Å²) < 4.78 is 17.3. The number of hydrogen-bond donors (Lipinski definition) is 1. The molecule has 0 saturated heterocycles. The molecule has 1 aliphatic heterocycles. The number of fused-ring (bicyclic) bond motifs is 1. The molecule has 186 valence electrons. The van der Waals surface area contributed by atoms with Crippen molar-refractivity contribution >= 4 is 68.9 Å². The number of benzene rings is 2. The largest absolute Gasteiger partial charge is 0.483 e. The van der Waals surface area contributed by atoms with E-state index in [0.29, 0.717) is 34.0 Å². The molecule has 1 aromatic heterocycles. The Bertz CT molecular complexity index is 1570. The average molecular weight is 545 g/mol. The predicted molar refractivity (Wildman–Crippen MR) is 144 cm³/mol. The molecule has 2 heterocycles. The highest BCUT2D eigenvalue weighted by molar-refractivity contribution is 7.80. The number of para-hydroxylation sites is 1. The molecule has 36 heavy (non-hydrogen) atoms. The lowest BCUT2D eigenvalue weighted by Gasteiger charge is -2.24. The molecule has 0 amide bonds. The Hall–Kier alpha value is -3.33. The molecular weight excluding hydrogens is 523 g/mol. The van der Waals surface area contributed by atoms with Crippen molar-refractivity contribution in [1.29, 1.82) is 0 Å². The lowest BCUT2D eigenvalue weighted by atomic mass is 9.93. The number of aromatic nitrogens is 1. The van der Waals surface area contributed by atoms with Crippen LogP contribution in [0.4, 0.5) is 5.69 Å². The molecule has 0 spiro atoms. The number of nitrogens with zero attached hydrogens (tertiary/aromatic N) is 1. The summed E-state index contributed by atoms with van der Waals surface area (Å²) in [6.07, 6.45) is 1.61. The lowest BCUT2D eigenvalue weighted by molar-refractivity contribution is -0.136. The molecule has 1 atom stereocenters. The number of hydrogen-bond acceptors (Lipinski definition) is 7. The molecule has 3 aromatic rings. The van der Waals surface area contributed by atoms with Crippen molar-refractivity contribution in [3.63, 3.8) is 0 Å². The molecule has 0 bridgehead atoms. The molecule has 4 rings (SSSR count). The molecule has 1 unspecified atom stereocenters. The van der Waals surface area contributed by atoms with E-state index in [4.69, 9.17) is 55.0 Å². The van der Waals surface area contributed by atoms with Crippen molar-refractivity contribution in [2.75, 3.05) is 18.9 Å². The van der Waals surface area contributed by atoms with Crippen molar-refractivity contribution < 1.29 is 18.7 Å². The number of esters is 1. The van der Waals surface area contributed by atoms with Gasteiger partial charge in [0.1, 0.15) is 5.35 Å². The number of anilines is 1. The Morgan fingerprint density at radius 3 is 2.44 bits per heavy atom. The van der Waals surface area contributed by atoms with E-state index < -0.39 is 17.6 Å². The number of carbonyl (C=O) groups excluding carboxylic acids is 1. The first-order chi connectivity index (χ1) is 17.3. The molecule has 0 aliphatic carbocycles. The van der Waals surface area contributed by atoms with E-state index in [1.165, 1.54) is 0 Å². The van der Waals surface area contributed by atoms with Crippen molar-refractivity contribution in [3.05, 3.63) is 91.6 Å². The number of thiocarbonyl (C=S) groups is 1. The maximum atomic E-state index is 13.0. The Kier molecular flexibility index (Phi) is 7.68. The second-order valence-electron chi connectivity index (χ2n) is 7.70. The van der Waals surface area contributed by atoms with E-state index in [1.54, 1.807) is 49.4 Å². The van der Waals surface area contributed by atoms with E-state index in [-0.39, 0.29) is 33.1 Å². The fraction of sp³-hybridized carbons (Fsp3) is 0.192. The zero-order valence-electron chi connectivity index (χ0n) is 19.4. The summed E-state index contributed by atoms with van der Waals surface area (Å²) in [7, 11) is 0. The zero-order chi connectivity index (χ0) is 26.0. The number of carbonyl (C=O) groups is 1. The van der Waals surface area contributed by atoms with Crippen LogP contribution in [0.1, 0.15) is 36.5 Å². The van der Waals surface area contributed by atoms with Gasteiger partial charge in [0.25, 0.3) is 0 Å². The summed E-state index contributed by atoms with van der Waals surface area (Å²) in [5.74, 6) is -2.46. The van der Waals surface area contributed by atoms with E-state index >= 15 is 0 Å². The number of rotatable bonds is 6. The first kappa shape index (κ1) is 25.8. The van der Waals surface area contributed by atoms with E-state index in [0.717, 1.165) is 4.57 Å². The Labute approximate surface area is 222 Å². The van der Waals surface area contributed by atoms with Crippen molar-refractivity contribution in [2.24, 2.45) is 0 Å². The molecule has 0 fully saturated rings. The first-order valence-electron chi connectivity index (χ1n) is 11.1. The first-order valence-corrected chi connectivity index (χ1v) is 12.3. The van der Waals surface area contributed by atoms with Crippen LogP contribution in [0.15, 0.2) is 62.8 Å². The second-order valence-corrected chi connectivity index (χ2v) is 8.88. The Morgan fingerprint density at radius 1 is 1.08 bits per heavy atom. The third-order valence-corrected chi connectivity index (χ3v) is 6.67. The van der Waals surface area contributed by atoms with Gasteiger partial charge in [0.2, 0.25) is 0 Å². The predicted octanol–water partition coefficient (Wildman–Crippen LogP) is 3.68. The number of oxazole rings is 1. The van der Waals surface area contributed by atoms with Crippen LogP contribution in [0, 0.1) is 0 Å². The van der Waals surface area contributed by atoms with Crippen molar-refractivity contribution in [3.8, 4) is 0 Å². The number of ether oxygens (including phenoxy) is 2. The van der Waals surface area contributed by atoms with E-state index in [2.05, 4.69) is 0 Å². The van der Waals surface area contributed by atoms with Crippen LogP contribution in [-0.4, -0.2) is 28.8 Å². The quantitative estimate of drug-likeness (QED) is 0.287. The van der Waals surface area contributed by atoms with Crippen LogP contribution in [0.5, 0.6) is 0 Å². The van der Waals surface area contributed by atoms with Crippen LogP contribution < -0.4 is 22.3 Å². The minimum absolute atomic E-state index is 0.00350. The topological polar surface area (TPSA) is 96.7 Å². The van der Waals surface area contributed by atoms with E-state index in [9.17, 15) is 9.59 Å². The monoisotopic (exact) mass is 544 g/mol. The highest BCUT2D eigenvalue weighted by Crippen LogP contribution is 2.43. The van der Waals surface area contributed by atoms with Crippen LogP contribution in [0.2, 0.25) is 0 Å². The van der Waals surface area contributed by atoms with Gasteiger partial charge in [0.05, 0.1) is 29.2 Å². The number of nitrogens with two attached hydrogens (primary N) is 1. The molecule has 1 aliphatic rings. The standard InChI is InChI=1S/C26H22Cl2N2O5S/c1-3-33-24(31)23-21(28)19(16-11-7-8-12-17(16)29)20(27)22-18(35-26(32)30(22)23)13-14-9-5-6-10-15(14)25(36)34-4-2/h5-13,19H,3-4,29H2,1-2H3/b18-13+. The van der Waals surface area contributed by atoms with Crippen molar-refractivity contribution in [1.82, 2.24) is 4.57 Å². The van der Waals surface area contributed by atoms with Crippen LogP contribution in [-0.2, 0) is 14.3 Å². The van der Waals surface area contributed by atoms with Gasteiger partial charge in [0.15, 0.2) is 16.2 Å². The summed E-state index contributed by atoms with van der Waals surface area (Å²) in [6, 6.07) is 14.2. The molecule has 2 aromatic carbocycles. The third kappa shape index (κ3) is 4.59. The van der Waals surface area contributed by atoms with Gasteiger partial charge in [0, 0.05) is 11.3 Å². The lowest BCUT2D eigenvalue weighted by Crippen LogP contribution is -2.40. The molecule has 10 heteroatoms. The highest BCUT2D eigenvalue weighted by atomic mass is 35.5. The van der Waals surface area contributed by atoms with Gasteiger partial charge in [-0.05, 0) is 55.4 Å². The molecule has 0 saturated carbocycles. The third-order valence-electron chi connectivity index (χ3n) is 5.54. The number of allylic oxidation sites excluding steroid dienone is 1. The SMILES string of the molecule is CCOC(=O)C1=C(Cl)C(c2ccccc2N)C(Cl)=c2/c(=C\c3ccccc3C(=S)OCC)oc(=O)n21. The zero-order valence-corrected chi connectivity index (χ0v) is 21.7. The summed E-state index contributed by atoms with van der Waals surface area (Å²) in [6.45, 7) is 3.96. The van der Waals surface area contributed by atoms with Gasteiger partial charge in [-0.15, -0.1) is 0 Å². The van der Waals surface area contributed by atoms with Gasteiger partial charge < -0.3 is 19.6 Å². The normalized spacial score (nSPS) is 15.6. The molecule has 7 nitrogen and oxygen atoms in total. The van der Waals surface area contributed by atoms with Crippen LogP contribution in [0.3, 0.4) is 0 Å². The number of halogens is 2. The van der Waals surface area contributed by atoms with Gasteiger partial charge in [-0.3, -0.25) is 0 Å². The minimum Gasteiger partial charge on any atom is -0.483 e. The maximum Gasteiger partial charge on any atom is 0.424 e. The maximum absolute atomic E-state index is 13.0.